The Kier molecular flexibility index (Phi) is 3.42. The monoisotopic (exact) mass is 303 g/mol. The zero-order valence-electron chi connectivity index (χ0n) is 12.9. The molecule has 0 amide bonds. The van der Waals surface area contributed by atoms with Crippen molar-refractivity contribution in [1.82, 2.24) is 15.2 Å². The van der Waals surface area contributed by atoms with Crippen molar-refractivity contribution in [2.45, 2.75) is 12.8 Å². The number of pyridine rings is 1. The average molecular weight is 303 g/mol. The van der Waals surface area contributed by atoms with Gasteiger partial charge in [-0.2, -0.15) is 5.10 Å². The summed E-state index contributed by atoms with van der Waals surface area (Å²) in [6.45, 7) is 0. The Morgan fingerprint density at radius 1 is 1.22 bits per heavy atom. The number of ether oxygens (including phenoxy) is 1. The third kappa shape index (κ3) is 2.75. The lowest BCUT2D eigenvalue weighted by molar-refractivity contribution is 0.414. The number of hydrogen-bond donors (Lipinski definition) is 1. The van der Waals surface area contributed by atoms with Gasteiger partial charge in [0, 0.05) is 30.1 Å². The van der Waals surface area contributed by atoms with Crippen molar-refractivity contribution in [3.05, 3.63) is 76.9 Å². The first-order valence-electron chi connectivity index (χ1n) is 7.62. The second kappa shape index (κ2) is 5.72. The Balaban J connectivity index is 1.56. The van der Waals surface area contributed by atoms with Crippen LogP contribution in [0.15, 0.2) is 48.9 Å². The van der Waals surface area contributed by atoms with Crippen LogP contribution >= 0.6 is 0 Å². The molecule has 0 saturated carbocycles. The first-order chi connectivity index (χ1) is 11.3. The standard InChI is InChI=1S/C19H17N3O/c1-23-19-4-2-3-13(6-19)5-18-9-15-7-14(8-16(15)10-20-18)17-11-21-22-12-17/h2-4,6,8-12H,5,7H2,1H3,(H,21,22). The van der Waals surface area contributed by atoms with Gasteiger partial charge >= 0.3 is 0 Å². The van der Waals surface area contributed by atoms with Crippen molar-refractivity contribution >= 4 is 11.6 Å². The van der Waals surface area contributed by atoms with E-state index in [1.165, 1.54) is 22.3 Å². The van der Waals surface area contributed by atoms with Gasteiger partial charge in [0.1, 0.15) is 5.75 Å². The molecule has 4 rings (SSSR count). The van der Waals surface area contributed by atoms with E-state index >= 15 is 0 Å². The Morgan fingerprint density at radius 3 is 3.00 bits per heavy atom. The fourth-order valence-corrected chi connectivity index (χ4v) is 2.98. The van der Waals surface area contributed by atoms with Gasteiger partial charge < -0.3 is 4.74 Å². The van der Waals surface area contributed by atoms with Crippen LogP contribution in [-0.2, 0) is 12.8 Å². The van der Waals surface area contributed by atoms with Crippen molar-refractivity contribution in [2.75, 3.05) is 7.11 Å². The highest BCUT2D eigenvalue weighted by Gasteiger charge is 2.16. The maximum atomic E-state index is 5.28. The Morgan fingerprint density at radius 2 is 2.17 bits per heavy atom. The molecule has 1 aromatic carbocycles. The number of fused-ring (bicyclic) bond motifs is 1. The minimum atomic E-state index is 0.811. The number of hydrogen-bond acceptors (Lipinski definition) is 3. The third-order valence-corrected chi connectivity index (χ3v) is 4.18. The largest absolute Gasteiger partial charge is 0.497 e. The molecule has 0 radical (unpaired) electrons. The molecule has 0 aliphatic heterocycles. The lowest BCUT2D eigenvalue weighted by Gasteiger charge is -2.06. The molecule has 2 aromatic heterocycles. The van der Waals surface area contributed by atoms with Gasteiger partial charge in [-0.1, -0.05) is 12.1 Å². The molecule has 23 heavy (non-hydrogen) atoms. The molecule has 2 heterocycles. The van der Waals surface area contributed by atoms with Gasteiger partial charge in [-0.3, -0.25) is 10.1 Å². The highest BCUT2D eigenvalue weighted by atomic mass is 16.5. The summed E-state index contributed by atoms with van der Waals surface area (Å²) in [5, 5.41) is 6.90. The molecule has 1 aliphatic carbocycles. The summed E-state index contributed by atoms with van der Waals surface area (Å²) in [4.78, 5) is 4.61. The van der Waals surface area contributed by atoms with Crippen molar-refractivity contribution in [1.29, 1.82) is 0 Å². The Bertz CT molecular complexity index is 866. The number of nitrogens with one attached hydrogen (secondary N) is 1. The smallest absolute Gasteiger partial charge is 0.119 e. The zero-order valence-corrected chi connectivity index (χ0v) is 12.9. The molecule has 0 saturated heterocycles. The highest BCUT2D eigenvalue weighted by molar-refractivity contribution is 5.87. The molecule has 0 bridgehead atoms. The van der Waals surface area contributed by atoms with E-state index in [-0.39, 0.29) is 0 Å². The predicted octanol–water partition coefficient (Wildman–Crippen LogP) is 3.50. The van der Waals surface area contributed by atoms with E-state index in [9.17, 15) is 0 Å². The molecule has 0 spiro atoms. The lowest BCUT2D eigenvalue weighted by Crippen LogP contribution is -1.96. The molecule has 0 unspecified atom stereocenters. The minimum Gasteiger partial charge on any atom is -0.497 e. The predicted molar refractivity (Wildman–Crippen MR) is 90.2 cm³/mol. The fraction of sp³-hybridized carbons (Fsp3) is 0.158. The van der Waals surface area contributed by atoms with Crippen molar-refractivity contribution in [3.8, 4) is 5.75 Å². The molecule has 4 nitrogen and oxygen atoms in total. The summed E-state index contributed by atoms with van der Waals surface area (Å²) >= 11 is 0. The third-order valence-electron chi connectivity index (χ3n) is 4.18. The normalized spacial score (nSPS) is 12.8. The molecule has 4 heteroatoms. The number of nitrogens with zero attached hydrogens (tertiary/aromatic N) is 2. The molecule has 1 N–H and O–H groups in total. The van der Waals surface area contributed by atoms with Crippen LogP contribution < -0.4 is 4.74 Å². The maximum absolute atomic E-state index is 5.28. The number of rotatable bonds is 4. The van der Waals surface area contributed by atoms with Crippen molar-refractivity contribution < 1.29 is 4.74 Å². The number of aromatic nitrogens is 3. The number of aromatic amines is 1. The molecule has 1 aliphatic rings. The van der Waals surface area contributed by atoms with Gasteiger partial charge in [0.2, 0.25) is 0 Å². The van der Waals surface area contributed by atoms with E-state index in [4.69, 9.17) is 4.74 Å². The van der Waals surface area contributed by atoms with Crippen molar-refractivity contribution in [2.24, 2.45) is 0 Å². The second-order valence-corrected chi connectivity index (χ2v) is 5.74. The van der Waals surface area contributed by atoms with Crippen LogP contribution in [0.25, 0.3) is 11.6 Å². The summed E-state index contributed by atoms with van der Waals surface area (Å²) in [5.74, 6) is 0.882. The minimum absolute atomic E-state index is 0.811. The maximum Gasteiger partial charge on any atom is 0.119 e. The fourth-order valence-electron chi connectivity index (χ4n) is 2.98. The quantitative estimate of drug-likeness (QED) is 0.802. The SMILES string of the molecule is COc1cccc(Cc2cc3c(cn2)C=C(c2cn[nH]c2)C3)c1. The van der Waals surface area contributed by atoms with Crippen LogP contribution in [0.4, 0.5) is 0 Å². The molecule has 114 valence electrons. The number of benzene rings is 1. The van der Waals surface area contributed by atoms with Gasteiger partial charge in [0.25, 0.3) is 0 Å². The van der Waals surface area contributed by atoms with E-state index < -0.39 is 0 Å². The van der Waals surface area contributed by atoms with Crippen LogP contribution in [0.5, 0.6) is 5.75 Å². The van der Waals surface area contributed by atoms with Gasteiger partial charge in [-0.05, 0) is 53.0 Å². The summed E-state index contributed by atoms with van der Waals surface area (Å²) in [6.07, 6.45) is 9.71. The van der Waals surface area contributed by atoms with Crippen LogP contribution in [0, 0.1) is 0 Å². The van der Waals surface area contributed by atoms with Gasteiger partial charge in [0.05, 0.1) is 13.3 Å². The molecular weight excluding hydrogens is 286 g/mol. The lowest BCUT2D eigenvalue weighted by atomic mass is 10.0. The number of methoxy groups -OCH3 is 1. The molecule has 3 aromatic rings. The zero-order chi connectivity index (χ0) is 15.6. The van der Waals surface area contributed by atoms with Crippen molar-refractivity contribution in [3.63, 3.8) is 0 Å². The number of H-pyrrole nitrogens is 1. The molecular formula is C19H17N3O. The van der Waals surface area contributed by atoms with Crippen LogP contribution in [0.1, 0.15) is 27.9 Å². The molecule has 0 fully saturated rings. The first-order valence-corrected chi connectivity index (χ1v) is 7.62. The summed E-state index contributed by atoms with van der Waals surface area (Å²) in [7, 11) is 1.69. The van der Waals surface area contributed by atoms with E-state index in [0.29, 0.717) is 0 Å². The van der Waals surface area contributed by atoms with Gasteiger partial charge in [-0.15, -0.1) is 0 Å². The Hall–Kier alpha value is -2.88. The van der Waals surface area contributed by atoms with Crippen LogP contribution in [0.2, 0.25) is 0 Å². The van der Waals surface area contributed by atoms with E-state index in [1.807, 2.05) is 30.7 Å². The van der Waals surface area contributed by atoms with E-state index in [1.54, 1.807) is 7.11 Å². The Labute approximate surface area is 134 Å². The topological polar surface area (TPSA) is 50.8 Å². The summed E-state index contributed by atoms with van der Waals surface area (Å²) < 4.78 is 5.28. The highest BCUT2D eigenvalue weighted by Crippen LogP contribution is 2.31. The molecule has 0 atom stereocenters. The van der Waals surface area contributed by atoms with Gasteiger partial charge in [-0.25, -0.2) is 0 Å². The van der Waals surface area contributed by atoms with E-state index in [2.05, 4.69) is 39.5 Å². The van der Waals surface area contributed by atoms with Crippen LogP contribution in [-0.4, -0.2) is 22.3 Å². The van der Waals surface area contributed by atoms with Gasteiger partial charge in [0.15, 0.2) is 0 Å². The summed E-state index contributed by atoms with van der Waals surface area (Å²) in [6, 6.07) is 10.3. The second-order valence-electron chi connectivity index (χ2n) is 5.74. The van der Waals surface area contributed by atoms with Crippen LogP contribution in [0.3, 0.4) is 0 Å². The van der Waals surface area contributed by atoms with E-state index in [0.717, 1.165) is 29.8 Å². The number of allylic oxidation sites excluding steroid dienone is 1. The summed E-state index contributed by atoms with van der Waals surface area (Å²) in [5.41, 5.74) is 7.26. The average Bonchev–Trinajstić information content (AvgIpc) is 3.23. The first kappa shape index (κ1) is 13.8.